The topological polar surface area (TPSA) is 89.8 Å². The Labute approximate surface area is 227 Å². The molecular weight excluding hydrogens is 522 g/mol. The molecule has 0 fully saturated rings. The Morgan fingerprint density at radius 1 is 1.03 bits per heavy atom. The van der Waals surface area contributed by atoms with E-state index in [2.05, 4.69) is 10.3 Å². The van der Waals surface area contributed by atoms with Crippen LogP contribution in [-0.2, 0) is 9.59 Å². The van der Waals surface area contributed by atoms with Crippen LogP contribution in [0.5, 0.6) is 5.75 Å². The fraction of sp³-hybridized carbons (Fsp3) is 0.103. The molecule has 3 aromatic carbocycles. The minimum absolute atomic E-state index is 0.316. The van der Waals surface area contributed by atoms with E-state index >= 15 is 0 Å². The molecule has 1 amide bonds. The van der Waals surface area contributed by atoms with Crippen molar-refractivity contribution in [3.8, 4) is 5.75 Å². The normalized spacial score (nSPS) is 15.0. The first kappa shape index (κ1) is 25.4. The van der Waals surface area contributed by atoms with Crippen molar-refractivity contribution in [1.82, 2.24) is 4.57 Å². The highest BCUT2D eigenvalue weighted by Gasteiger charge is 2.32. The predicted molar refractivity (Wildman–Crippen MR) is 148 cm³/mol. The summed E-state index contributed by atoms with van der Waals surface area (Å²) >= 11 is 7.35. The number of nitrogens with one attached hydrogen (secondary N) is 1. The number of benzene rings is 3. The van der Waals surface area contributed by atoms with Crippen molar-refractivity contribution in [2.45, 2.75) is 19.9 Å². The molecule has 0 saturated heterocycles. The van der Waals surface area contributed by atoms with E-state index in [1.807, 2.05) is 18.2 Å². The number of para-hydroxylation sites is 2. The fourth-order valence-electron chi connectivity index (χ4n) is 4.28. The third kappa shape index (κ3) is 5.09. The molecule has 2 heterocycles. The molecule has 9 heteroatoms. The van der Waals surface area contributed by atoms with Crippen molar-refractivity contribution in [3.05, 3.63) is 126 Å². The number of nitrogens with zero attached hydrogens (tertiary/aromatic N) is 2. The minimum Gasteiger partial charge on any atom is -0.426 e. The number of ether oxygens (including phenoxy) is 1. The van der Waals surface area contributed by atoms with Crippen molar-refractivity contribution in [1.29, 1.82) is 0 Å². The Hall–Kier alpha value is -4.27. The Morgan fingerprint density at radius 2 is 1.71 bits per heavy atom. The molecule has 1 atom stereocenters. The number of allylic oxidation sites excluding steroid dienone is 1. The van der Waals surface area contributed by atoms with E-state index in [1.54, 1.807) is 73.7 Å². The number of esters is 1. The third-order valence-corrected chi connectivity index (χ3v) is 7.18. The second-order valence-corrected chi connectivity index (χ2v) is 10.0. The van der Waals surface area contributed by atoms with Gasteiger partial charge < -0.3 is 10.1 Å². The van der Waals surface area contributed by atoms with Gasteiger partial charge in [-0.15, -0.1) is 0 Å². The van der Waals surface area contributed by atoms with Crippen LogP contribution in [0.3, 0.4) is 0 Å². The lowest BCUT2D eigenvalue weighted by molar-refractivity contribution is -0.131. The molecule has 1 N–H and O–H groups in total. The van der Waals surface area contributed by atoms with Crippen LogP contribution >= 0.6 is 22.9 Å². The number of fused-ring (bicyclic) bond motifs is 1. The summed E-state index contributed by atoms with van der Waals surface area (Å²) in [5.74, 6) is -0.467. The average molecular weight is 544 g/mol. The van der Waals surface area contributed by atoms with Gasteiger partial charge in [0.2, 0.25) is 0 Å². The first-order valence-electron chi connectivity index (χ1n) is 11.7. The maximum absolute atomic E-state index is 13.8. The maximum atomic E-state index is 13.8. The molecule has 0 bridgehead atoms. The minimum atomic E-state index is -0.724. The summed E-state index contributed by atoms with van der Waals surface area (Å²) in [5, 5.41) is 3.47. The molecule has 38 heavy (non-hydrogen) atoms. The van der Waals surface area contributed by atoms with Crippen LogP contribution < -0.4 is 24.9 Å². The smallest absolute Gasteiger partial charge is 0.308 e. The molecule has 7 nitrogen and oxygen atoms in total. The van der Waals surface area contributed by atoms with E-state index in [0.717, 1.165) is 5.56 Å². The van der Waals surface area contributed by atoms with Gasteiger partial charge in [0.25, 0.3) is 11.5 Å². The van der Waals surface area contributed by atoms with Crippen molar-refractivity contribution >= 4 is 46.6 Å². The molecule has 190 valence electrons. The van der Waals surface area contributed by atoms with E-state index in [4.69, 9.17) is 16.3 Å². The monoisotopic (exact) mass is 543 g/mol. The zero-order valence-electron chi connectivity index (χ0n) is 20.5. The van der Waals surface area contributed by atoms with Gasteiger partial charge in [-0.25, -0.2) is 4.99 Å². The summed E-state index contributed by atoms with van der Waals surface area (Å²) in [4.78, 5) is 44.1. The first-order chi connectivity index (χ1) is 18.3. The zero-order valence-corrected chi connectivity index (χ0v) is 22.0. The number of carbonyl (C=O) groups is 2. The largest absolute Gasteiger partial charge is 0.426 e. The number of amides is 1. The lowest BCUT2D eigenvalue weighted by Gasteiger charge is -2.25. The summed E-state index contributed by atoms with van der Waals surface area (Å²) < 4.78 is 7.23. The van der Waals surface area contributed by atoms with E-state index in [0.29, 0.717) is 42.6 Å². The molecule has 1 aliphatic heterocycles. The van der Waals surface area contributed by atoms with Gasteiger partial charge in [0.05, 0.1) is 21.8 Å². The van der Waals surface area contributed by atoms with Crippen LogP contribution in [0.1, 0.15) is 31.0 Å². The zero-order chi connectivity index (χ0) is 26.8. The highest BCUT2D eigenvalue weighted by Crippen LogP contribution is 2.31. The molecule has 4 aromatic rings. The van der Waals surface area contributed by atoms with Gasteiger partial charge in [-0.2, -0.15) is 0 Å². The molecule has 1 aromatic heterocycles. The van der Waals surface area contributed by atoms with Gasteiger partial charge in [0, 0.05) is 23.2 Å². The van der Waals surface area contributed by atoms with E-state index in [9.17, 15) is 14.4 Å². The lowest BCUT2D eigenvalue weighted by Crippen LogP contribution is -2.40. The van der Waals surface area contributed by atoms with Gasteiger partial charge in [0.1, 0.15) is 5.75 Å². The highest BCUT2D eigenvalue weighted by atomic mass is 35.5. The number of hydrogen-bond donors (Lipinski definition) is 1. The predicted octanol–water partition coefficient (Wildman–Crippen LogP) is 4.45. The summed E-state index contributed by atoms with van der Waals surface area (Å²) in [5.41, 5.74) is 2.47. The molecular formula is C29H22ClN3O4S. The average Bonchev–Trinajstić information content (AvgIpc) is 3.19. The van der Waals surface area contributed by atoms with E-state index < -0.39 is 12.0 Å². The van der Waals surface area contributed by atoms with Gasteiger partial charge in [0.15, 0.2) is 4.80 Å². The second kappa shape index (κ2) is 10.6. The summed E-state index contributed by atoms with van der Waals surface area (Å²) in [7, 11) is 0. The van der Waals surface area contributed by atoms with Crippen LogP contribution in [-0.4, -0.2) is 16.4 Å². The molecule has 0 unspecified atom stereocenters. The third-order valence-electron chi connectivity index (χ3n) is 5.94. The number of halogens is 1. The number of carbonyl (C=O) groups excluding carboxylic acids is 2. The number of anilines is 1. The summed E-state index contributed by atoms with van der Waals surface area (Å²) in [6, 6.07) is 22.4. The molecule has 0 saturated carbocycles. The number of rotatable bonds is 5. The Morgan fingerprint density at radius 3 is 2.42 bits per heavy atom. The molecule has 5 rings (SSSR count). The highest BCUT2D eigenvalue weighted by molar-refractivity contribution is 7.07. The molecule has 1 aliphatic rings. The van der Waals surface area contributed by atoms with E-state index in [1.165, 1.54) is 22.8 Å². The SMILES string of the molecule is CC(=O)Oc1ccccc1/C=c1/sc2n(c1=O)[C@@H](c1ccc(Cl)cc1)C(C(=O)Nc1ccccc1)=C(C)N=2. The van der Waals surface area contributed by atoms with Crippen molar-refractivity contribution in [3.63, 3.8) is 0 Å². The van der Waals surface area contributed by atoms with Crippen LogP contribution in [0.25, 0.3) is 6.08 Å². The van der Waals surface area contributed by atoms with Crippen molar-refractivity contribution in [2.75, 3.05) is 5.32 Å². The Bertz CT molecular complexity index is 1760. The quantitative estimate of drug-likeness (QED) is 0.297. The number of thiazole rings is 1. The molecule has 0 radical (unpaired) electrons. The number of aromatic nitrogens is 1. The Kier molecular flexibility index (Phi) is 7.09. The van der Waals surface area contributed by atoms with Crippen LogP contribution in [0, 0.1) is 0 Å². The van der Waals surface area contributed by atoms with E-state index in [-0.39, 0.29) is 11.5 Å². The maximum Gasteiger partial charge on any atom is 0.308 e. The molecule has 0 aliphatic carbocycles. The Balaban J connectivity index is 1.67. The molecule has 0 spiro atoms. The lowest BCUT2D eigenvalue weighted by atomic mass is 9.95. The second-order valence-electron chi connectivity index (χ2n) is 8.58. The summed E-state index contributed by atoms with van der Waals surface area (Å²) in [6.07, 6.45) is 1.67. The van der Waals surface area contributed by atoms with Crippen LogP contribution in [0.15, 0.2) is 99.9 Å². The van der Waals surface area contributed by atoms with Gasteiger partial charge >= 0.3 is 5.97 Å². The van der Waals surface area contributed by atoms with Crippen molar-refractivity contribution in [2.24, 2.45) is 4.99 Å². The van der Waals surface area contributed by atoms with Gasteiger partial charge in [-0.05, 0) is 48.9 Å². The standard InChI is InChI=1S/C29H22ClN3O4S/c1-17-25(27(35)32-22-9-4-3-5-10-22)26(19-12-14-21(30)15-13-19)33-28(36)24(38-29(33)31-17)16-20-8-6-7-11-23(20)37-18(2)34/h3-16,26H,1-2H3,(H,32,35)/b24-16+/t26-/m0/s1. The first-order valence-corrected chi connectivity index (χ1v) is 12.9. The van der Waals surface area contributed by atoms with Crippen LogP contribution in [0.4, 0.5) is 5.69 Å². The van der Waals surface area contributed by atoms with Crippen LogP contribution in [0.2, 0.25) is 5.02 Å². The summed E-state index contributed by atoms with van der Waals surface area (Å²) in [6.45, 7) is 3.08. The number of hydrogen-bond acceptors (Lipinski definition) is 6. The van der Waals surface area contributed by atoms with Crippen molar-refractivity contribution < 1.29 is 14.3 Å². The fourth-order valence-corrected chi connectivity index (χ4v) is 5.44. The van der Waals surface area contributed by atoms with Gasteiger partial charge in [-0.1, -0.05) is 71.5 Å². The van der Waals surface area contributed by atoms with Gasteiger partial charge in [-0.3, -0.25) is 19.0 Å².